The Kier molecular flexibility index (Phi) is 6.33. The number of rotatable bonds is 9. The normalized spacial score (nSPS) is 13.9. The number of carbonyl (C=O) groups is 2. The molecule has 4 aromatic rings. The molecule has 3 aromatic carbocycles. The summed E-state index contributed by atoms with van der Waals surface area (Å²) in [6, 6.07) is 16.5. The largest absolute Gasteiger partial charge is 0.508 e. The first-order valence-corrected chi connectivity index (χ1v) is 13.8. The van der Waals surface area contributed by atoms with Gasteiger partial charge in [-0.3, -0.25) is 19.2 Å². The lowest BCUT2D eigenvalue weighted by Crippen LogP contribution is -2.34. The monoisotopic (exact) mass is 527 g/mol. The molecule has 2 N–H and O–H groups in total. The molecule has 0 saturated heterocycles. The molecule has 2 amide bonds. The summed E-state index contributed by atoms with van der Waals surface area (Å²) < 4.78 is 2.08. The second-order valence-corrected chi connectivity index (χ2v) is 10.5. The lowest BCUT2D eigenvalue weighted by molar-refractivity contribution is 0.0660. The molecule has 6 rings (SSSR count). The van der Waals surface area contributed by atoms with Gasteiger partial charge in [0.2, 0.25) is 0 Å². The van der Waals surface area contributed by atoms with Crippen molar-refractivity contribution in [3.63, 3.8) is 0 Å². The first-order valence-electron chi connectivity index (χ1n) is 13.0. The Bertz CT molecular complexity index is 1540. The fourth-order valence-corrected chi connectivity index (χ4v) is 6.49. The average molecular weight is 528 g/mol. The van der Waals surface area contributed by atoms with Crippen LogP contribution in [0.5, 0.6) is 5.75 Å². The molecule has 194 valence electrons. The number of phenolic OH excluding ortho intramolecular Hbond substituents is 1. The number of fused-ring (bicyclic) bond motifs is 3. The number of aromatic nitrogens is 2. The van der Waals surface area contributed by atoms with Gasteiger partial charge in [-0.2, -0.15) is 5.10 Å². The highest BCUT2D eigenvalue weighted by Gasteiger charge is 2.34. The Morgan fingerprint density at radius 1 is 0.947 bits per heavy atom. The van der Waals surface area contributed by atoms with Crippen molar-refractivity contribution in [1.29, 1.82) is 0 Å². The van der Waals surface area contributed by atoms with Crippen LogP contribution in [0.15, 0.2) is 64.4 Å². The number of phenols is 1. The third kappa shape index (κ3) is 4.02. The number of nitrogens with one attached hydrogen (secondary N) is 1. The van der Waals surface area contributed by atoms with E-state index in [0.29, 0.717) is 17.7 Å². The third-order valence-electron chi connectivity index (χ3n) is 7.36. The summed E-state index contributed by atoms with van der Waals surface area (Å²) in [6.45, 7) is 8.70. The van der Waals surface area contributed by atoms with Gasteiger partial charge in [0.25, 0.3) is 11.8 Å². The van der Waals surface area contributed by atoms with Gasteiger partial charge in [-0.25, -0.2) is 0 Å². The standard InChI is InChI=1S/C29H29N5O3S/c1-3-32(4-2)15-16-34-23-12-11-22(27-25(23)26(31-34)21-10-9-18(35)17-24(21)38-27)30-13-14-33-28(36)19-7-5-6-8-20(19)29(33)37/h5-12,17,30,35H,3-4,13-16H2,1-2H3. The second-order valence-electron chi connectivity index (χ2n) is 9.45. The maximum Gasteiger partial charge on any atom is 0.261 e. The number of anilines is 1. The van der Waals surface area contributed by atoms with Crippen molar-refractivity contribution in [2.75, 3.05) is 38.0 Å². The van der Waals surface area contributed by atoms with Crippen molar-refractivity contribution in [2.24, 2.45) is 0 Å². The van der Waals surface area contributed by atoms with Crippen molar-refractivity contribution in [3.8, 4) is 17.0 Å². The first kappa shape index (κ1) is 24.5. The van der Waals surface area contributed by atoms with Crippen LogP contribution in [0.4, 0.5) is 5.69 Å². The molecule has 2 aliphatic rings. The Morgan fingerprint density at radius 2 is 1.68 bits per heavy atom. The van der Waals surface area contributed by atoms with E-state index >= 15 is 0 Å². The van der Waals surface area contributed by atoms with Crippen molar-refractivity contribution in [3.05, 3.63) is 65.7 Å². The minimum Gasteiger partial charge on any atom is -0.508 e. The maximum atomic E-state index is 12.8. The zero-order valence-corrected chi connectivity index (χ0v) is 22.2. The van der Waals surface area contributed by atoms with E-state index in [1.807, 2.05) is 12.1 Å². The van der Waals surface area contributed by atoms with E-state index in [4.69, 9.17) is 5.10 Å². The number of hydrogen-bond donors (Lipinski definition) is 2. The van der Waals surface area contributed by atoms with E-state index in [2.05, 4.69) is 34.8 Å². The minimum atomic E-state index is -0.250. The summed E-state index contributed by atoms with van der Waals surface area (Å²) in [5.74, 6) is -0.285. The van der Waals surface area contributed by atoms with E-state index in [1.165, 1.54) is 4.90 Å². The zero-order valence-electron chi connectivity index (χ0n) is 21.4. The Morgan fingerprint density at radius 3 is 2.39 bits per heavy atom. The molecule has 2 aliphatic heterocycles. The summed E-state index contributed by atoms with van der Waals surface area (Å²) in [5, 5.41) is 19.7. The highest BCUT2D eigenvalue weighted by atomic mass is 32.2. The minimum absolute atomic E-state index is 0.216. The van der Waals surface area contributed by atoms with Gasteiger partial charge < -0.3 is 15.3 Å². The molecule has 0 atom stereocenters. The van der Waals surface area contributed by atoms with E-state index < -0.39 is 0 Å². The smallest absolute Gasteiger partial charge is 0.261 e. The molecule has 0 aliphatic carbocycles. The summed E-state index contributed by atoms with van der Waals surface area (Å²) in [4.78, 5) is 31.2. The van der Waals surface area contributed by atoms with E-state index in [0.717, 1.165) is 63.8 Å². The Hall–Kier alpha value is -3.82. The van der Waals surface area contributed by atoms with E-state index in [9.17, 15) is 14.7 Å². The molecule has 9 heteroatoms. The number of imide groups is 1. The van der Waals surface area contributed by atoms with Crippen LogP contribution in [0.1, 0.15) is 34.6 Å². The van der Waals surface area contributed by atoms with Crippen LogP contribution in [0.3, 0.4) is 0 Å². The number of nitrogens with zero attached hydrogens (tertiary/aromatic N) is 4. The fourth-order valence-electron chi connectivity index (χ4n) is 5.27. The molecule has 38 heavy (non-hydrogen) atoms. The Labute approximate surface area is 225 Å². The quantitative estimate of drug-likeness (QED) is 0.263. The fraction of sp³-hybridized carbons (Fsp3) is 0.276. The molecule has 8 nitrogen and oxygen atoms in total. The third-order valence-corrected chi connectivity index (χ3v) is 8.54. The van der Waals surface area contributed by atoms with Crippen LogP contribution in [0.25, 0.3) is 22.2 Å². The number of carbonyl (C=O) groups excluding carboxylic acids is 2. The van der Waals surface area contributed by atoms with E-state index in [1.54, 1.807) is 48.2 Å². The van der Waals surface area contributed by atoms with Gasteiger partial charge in [-0.15, -0.1) is 0 Å². The van der Waals surface area contributed by atoms with E-state index in [-0.39, 0.29) is 24.1 Å². The Balaban J connectivity index is 1.30. The zero-order chi connectivity index (χ0) is 26.4. The molecule has 0 spiro atoms. The summed E-state index contributed by atoms with van der Waals surface area (Å²) in [5.41, 5.74) is 4.82. The number of aromatic hydroxyl groups is 1. The lowest BCUT2D eigenvalue weighted by Gasteiger charge is -2.20. The number of amides is 2. The van der Waals surface area contributed by atoms with Crippen LogP contribution >= 0.6 is 11.8 Å². The maximum absolute atomic E-state index is 12.8. The topological polar surface area (TPSA) is 90.7 Å². The SMILES string of the molecule is CCN(CC)CCn1nc2c3c(c(NCCN4C(=O)c5ccccc5C4=O)ccc31)Sc1cc(O)ccc1-2. The molecular formula is C29H29N5O3S. The van der Waals surface area contributed by atoms with Crippen molar-refractivity contribution >= 4 is 40.2 Å². The van der Waals surface area contributed by atoms with Gasteiger partial charge in [0.1, 0.15) is 11.4 Å². The van der Waals surface area contributed by atoms with Crippen LogP contribution in [-0.4, -0.2) is 69.2 Å². The van der Waals surface area contributed by atoms with Gasteiger partial charge in [-0.05, 0) is 55.6 Å². The molecule has 0 fully saturated rings. The first-order chi connectivity index (χ1) is 18.5. The van der Waals surface area contributed by atoms with Gasteiger partial charge in [0.05, 0.1) is 23.2 Å². The van der Waals surface area contributed by atoms with Crippen LogP contribution in [-0.2, 0) is 6.54 Å². The number of benzene rings is 3. The highest BCUT2D eigenvalue weighted by Crippen LogP contribution is 2.51. The molecular weight excluding hydrogens is 498 g/mol. The highest BCUT2D eigenvalue weighted by molar-refractivity contribution is 8.00. The lowest BCUT2D eigenvalue weighted by atomic mass is 10.1. The van der Waals surface area contributed by atoms with Crippen LogP contribution in [0, 0.1) is 0 Å². The molecule has 0 bridgehead atoms. The second kappa shape index (κ2) is 9.81. The van der Waals surface area contributed by atoms with Crippen molar-refractivity contribution < 1.29 is 14.7 Å². The average Bonchev–Trinajstić information content (AvgIpc) is 3.42. The molecule has 0 radical (unpaired) electrons. The predicted octanol–water partition coefficient (Wildman–Crippen LogP) is 4.92. The van der Waals surface area contributed by atoms with Gasteiger partial charge in [-0.1, -0.05) is 37.7 Å². The van der Waals surface area contributed by atoms with Crippen molar-refractivity contribution in [1.82, 2.24) is 19.6 Å². The van der Waals surface area contributed by atoms with Crippen molar-refractivity contribution in [2.45, 2.75) is 30.2 Å². The van der Waals surface area contributed by atoms with Crippen LogP contribution < -0.4 is 5.32 Å². The summed E-state index contributed by atoms with van der Waals surface area (Å²) in [6.07, 6.45) is 0. The van der Waals surface area contributed by atoms with Gasteiger partial charge in [0, 0.05) is 46.1 Å². The molecule has 0 unspecified atom stereocenters. The molecule has 1 aromatic heterocycles. The van der Waals surface area contributed by atoms with Gasteiger partial charge >= 0.3 is 0 Å². The number of hydrogen-bond acceptors (Lipinski definition) is 7. The molecule has 3 heterocycles. The number of likely N-dealkylation sites (N-methyl/N-ethyl adjacent to an activating group) is 1. The predicted molar refractivity (Wildman–Crippen MR) is 149 cm³/mol. The van der Waals surface area contributed by atoms with Gasteiger partial charge in [0.15, 0.2) is 0 Å². The summed E-state index contributed by atoms with van der Waals surface area (Å²) >= 11 is 1.60. The molecule has 0 saturated carbocycles. The van der Waals surface area contributed by atoms with Crippen LogP contribution in [0.2, 0.25) is 0 Å². The summed E-state index contributed by atoms with van der Waals surface area (Å²) in [7, 11) is 0.